The summed E-state index contributed by atoms with van der Waals surface area (Å²) in [5.41, 5.74) is 2.57. The second-order valence-corrected chi connectivity index (χ2v) is 7.11. The van der Waals surface area contributed by atoms with Crippen LogP contribution in [0, 0.1) is 5.82 Å². The van der Waals surface area contributed by atoms with Gasteiger partial charge in [-0.05, 0) is 24.7 Å². The highest BCUT2D eigenvalue weighted by atomic mass is 19.1. The number of carbonyl (C=O) groups excluding carboxylic acids is 1. The van der Waals surface area contributed by atoms with Crippen molar-refractivity contribution in [1.82, 2.24) is 15.0 Å². The molecule has 6 heteroatoms. The quantitative estimate of drug-likeness (QED) is 0.696. The van der Waals surface area contributed by atoms with Gasteiger partial charge in [0.1, 0.15) is 5.82 Å². The number of benzene rings is 2. The lowest BCUT2D eigenvalue weighted by atomic mass is 10.0. The smallest absolute Gasteiger partial charge is 0.228 e. The molecule has 0 saturated carbocycles. The van der Waals surface area contributed by atoms with Crippen LogP contribution in [-0.4, -0.2) is 47.5 Å². The number of hydrogen-bond donors (Lipinski definition) is 0. The van der Waals surface area contributed by atoms with Crippen LogP contribution in [-0.2, 0) is 11.2 Å². The summed E-state index contributed by atoms with van der Waals surface area (Å²) in [5.74, 6) is 0.425. The Balaban J connectivity index is 1.43. The standard InChI is InChI=1S/C22H22FN3O2/c1-25-11-12-26(15-20(25)16-7-9-18(23)10-8-16)22(27)14-19-13-21(28-24-19)17-5-3-2-4-6-17/h2-10,13,20H,11-12,14-15H2,1H3. The van der Waals surface area contributed by atoms with Crippen LogP contribution in [0.5, 0.6) is 0 Å². The maximum Gasteiger partial charge on any atom is 0.228 e. The van der Waals surface area contributed by atoms with Gasteiger partial charge in [-0.15, -0.1) is 0 Å². The molecular formula is C22H22FN3O2. The minimum Gasteiger partial charge on any atom is -0.356 e. The van der Waals surface area contributed by atoms with Crippen molar-refractivity contribution in [3.63, 3.8) is 0 Å². The Morgan fingerprint density at radius 1 is 1.14 bits per heavy atom. The van der Waals surface area contributed by atoms with Crippen molar-refractivity contribution in [2.24, 2.45) is 0 Å². The number of piperazine rings is 1. The van der Waals surface area contributed by atoms with Crippen LogP contribution in [0.1, 0.15) is 17.3 Å². The van der Waals surface area contributed by atoms with E-state index in [1.807, 2.05) is 48.3 Å². The molecule has 0 spiro atoms. The molecule has 0 radical (unpaired) electrons. The Hall–Kier alpha value is -2.99. The zero-order valence-corrected chi connectivity index (χ0v) is 15.7. The molecule has 2 heterocycles. The highest BCUT2D eigenvalue weighted by Crippen LogP contribution is 2.25. The van der Waals surface area contributed by atoms with Crippen molar-refractivity contribution in [3.05, 3.63) is 77.7 Å². The number of halogens is 1. The molecule has 144 valence electrons. The first-order chi connectivity index (χ1) is 13.6. The largest absolute Gasteiger partial charge is 0.356 e. The molecule has 1 fully saturated rings. The SMILES string of the molecule is CN1CCN(C(=O)Cc2cc(-c3ccccc3)on2)CC1c1ccc(F)cc1. The summed E-state index contributed by atoms with van der Waals surface area (Å²) in [6.45, 7) is 2.00. The van der Waals surface area contributed by atoms with Crippen molar-refractivity contribution in [2.45, 2.75) is 12.5 Å². The van der Waals surface area contributed by atoms with Crippen molar-refractivity contribution in [2.75, 3.05) is 26.7 Å². The van der Waals surface area contributed by atoms with E-state index in [1.54, 1.807) is 12.1 Å². The van der Waals surface area contributed by atoms with E-state index >= 15 is 0 Å². The lowest BCUT2D eigenvalue weighted by Crippen LogP contribution is -2.49. The summed E-state index contributed by atoms with van der Waals surface area (Å²) in [4.78, 5) is 16.9. The average molecular weight is 379 g/mol. The molecule has 1 aliphatic rings. The minimum atomic E-state index is -0.254. The summed E-state index contributed by atoms with van der Waals surface area (Å²) in [7, 11) is 2.03. The Morgan fingerprint density at radius 3 is 2.64 bits per heavy atom. The zero-order valence-electron chi connectivity index (χ0n) is 15.7. The molecule has 0 bridgehead atoms. The fraction of sp³-hybridized carbons (Fsp3) is 0.273. The van der Waals surface area contributed by atoms with Crippen molar-refractivity contribution in [1.29, 1.82) is 0 Å². The Kier molecular flexibility index (Phi) is 5.21. The van der Waals surface area contributed by atoms with E-state index < -0.39 is 0 Å². The molecule has 1 atom stereocenters. The van der Waals surface area contributed by atoms with E-state index in [1.165, 1.54) is 12.1 Å². The van der Waals surface area contributed by atoms with Crippen LogP contribution in [0.3, 0.4) is 0 Å². The minimum absolute atomic E-state index is 0.0214. The fourth-order valence-electron chi connectivity index (χ4n) is 3.55. The Bertz CT molecular complexity index is 940. The summed E-state index contributed by atoms with van der Waals surface area (Å²) in [6, 6.07) is 18.1. The Morgan fingerprint density at radius 2 is 1.89 bits per heavy atom. The number of likely N-dealkylation sites (N-methyl/N-ethyl adjacent to an activating group) is 1. The van der Waals surface area contributed by atoms with Gasteiger partial charge in [0.15, 0.2) is 5.76 Å². The number of amides is 1. The molecule has 28 heavy (non-hydrogen) atoms. The van der Waals surface area contributed by atoms with Crippen molar-refractivity contribution < 1.29 is 13.7 Å². The number of aromatic nitrogens is 1. The lowest BCUT2D eigenvalue weighted by Gasteiger charge is -2.39. The molecule has 1 amide bonds. The molecule has 0 N–H and O–H groups in total. The fourth-order valence-corrected chi connectivity index (χ4v) is 3.55. The predicted octanol–water partition coefficient (Wildman–Crippen LogP) is 3.54. The number of carbonyl (C=O) groups is 1. The van der Waals surface area contributed by atoms with Crippen LogP contribution in [0.2, 0.25) is 0 Å². The zero-order chi connectivity index (χ0) is 19.5. The van der Waals surface area contributed by atoms with E-state index in [0.717, 1.165) is 17.7 Å². The molecule has 4 rings (SSSR count). The van der Waals surface area contributed by atoms with Crippen LogP contribution < -0.4 is 0 Å². The van der Waals surface area contributed by atoms with Gasteiger partial charge in [-0.25, -0.2) is 4.39 Å². The van der Waals surface area contributed by atoms with Gasteiger partial charge in [0, 0.05) is 31.3 Å². The van der Waals surface area contributed by atoms with E-state index in [2.05, 4.69) is 10.1 Å². The van der Waals surface area contributed by atoms with Gasteiger partial charge in [-0.2, -0.15) is 0 Å². The van der Waals surface area contributed by atoms with E-state index in [4.69, 9.17) is 4.52 Å². The highest BCUT2D eigenvalue weighted by molar-refractivity contribution is 5.79. The predicted molar refractivity (Wildman–Crippen MR) is 104 cm³/mol. The normalized spacial score (nSPS) is 17.6. The molecule has 3 aromatic rings. The van der Waals surface area contributed by atoms with Gasteiger partial charge in [-0.1, -0.05) is 47.6 Å². The van der Waals surface area contributed by atoms with Crippen LogP contribution >= 0.6 is 0 Å². The van der Waals surface area contributed by atoms with Crippen LogP contribution in [0.4, 0.5) is 4.39 Å². The van der Waals surface area contributed by atoms with Gasteiger partial charge >= 0.3 is 0 Å². The second kappa shape index (κ2) is 7.94. The van der Waals surface area contributed by atoms with Gasteiger partial charge in [0.2, 0.25) is 5.91 Å². The Labute approximate surface area is 163 Å². The van der Waals surface area contributed by atoms with E-state index in [-0.39, 0.29) is 24.2 Å². The lowest BCUT2D eigenvalue weighted by molar-refractivity contribution is -0.133. The van der Waals surface area contributed by atoms with E-state index in [0.29, 0.717) is 24.5 Å². The van der Waals surface area contributed by atoms with Crippen molar-refractivity contribution >= 4 is 5.91 Å². The summed E-state index contributed by atoms with van der Waals surface area (Å²) < 4.78 is 18.6. The van der Waals surface area contributed by atoms with Gasteiger partial charge in [0.05, 0.1) is 18.2 Å². The maximum atomic E-state index is 13.2. The molecular weight excluding hydrogens is 357 g/mol. The van der Waals surface area contributed by atoms with Crippen molar-refractivity contribution in [3.8, 4) is 11.3 Å². The first kappa shape index (κ1) is 18.4. The molecule has 1 aromatic heterocycles. The monoisotopic (exact) mass is 379 g/mol. The van der Waals surface area contributed by atoms with Crippen LogP contribution in [0.15, 0.2) is 65.2 Å². The molecule has 1 unspecified atom stereocenters. The van der Waals surface area contributed by atoms with Crippen LogP contribution in [0.25, 0.3) is 11.3 Å². The number of nitrogens with zero attached hydrogens (tertiary/aromatic N) is 3. The summed E-state index contributed by atoms with van der Waals surface area (Å²) in [6.07, 6.45) is 0.205. The third-order valence-corrected chi connectivity index (χ3v) is 5.21. The first-order valence-electron chi connectivity index (χ1n) is 9.34. The molecule has 5 nitrogen and oxygen atoms in total. The third-order valence-electron chi connectivity index (χ3n) is 5.21. The average Bonchev–Trinajstić information content (AvgIpc) is 3.18. The second-order valence-electron chi connectivity index (χ2n) is 7.11. The topological polar surface area (TPSA) is 49.6 Å². The third kappa shape index (κ3) is 3.97. The molecule has 0 aliphatic carbocycles. The highest BCUT2D eigenvalue weighted by Gasteiger charge is 2.28. The van der Waals surface area contributed by atoms with Gasteiger partial charge in [-0.3, -0.25) is 9.69 Å². The van der Waals surface area contributed by atoms with E-state index in [9.17, 15) is 9.18 Å². The molecule has 2 aromatic carbocycles. The first-order valence-corrected chi connectivity index (χ1v) is 9.34. The van der Waals surface area contributed by atoms with Gasteiger partial charge < -0.3 is 9.42 Å². The van der Waals surface area contributed by atoms with Gasteiger partial charge in [0.25, 0.3) is 0 Å². The summed E-state index contributed by atoms with van der Waals surface area (Å²) >= 11 is 0. The number of rotatable bonds is 4. The molecule has 1 aliphatic heterocycles. The number of hydrogen-bond acceptors (Lipinski definition) is 4. The maximum absolute atomic E-state index is 13.2. The summed E-state index contributed by atoms with van der Waals surface area (Å²) in [5, 5.41) is 4.05. The molecule has 1 saturated heterocycles.